The van der Waals surface area contributed by atoms with Gasteiger partial charge in [0.15, 0.2) is 0 Å². The van der Waals surface area contributed by atoms with Gasteiger partial charge in [0.2, 0.25) is 0 Å². The van der Waals surface area contributed by atoms with E-state index in [0.717, 1.165) is 12.0 Å². The molecule has 0 radical (unpaired) electrons. The van der Waals surface area contributed by atoms with E-state index in [4.69, 9.17) is 0 Å². The van der Waals surface area contributed by atoms with Crippen LogP contribution in [0.15, 0.2) is 12.1 Å². The molecule has 114 valence electrons. The van der Waals surface area contributed by atoms with Gasteiger partial charge in [0, 0.05) is 0 Å². The number of aromatic amines is 1. The Morgan fingerprint density at radius 2 is 1.45 bits per heavy atom. The van der Waals surface area contributed by atoms with Crippen LogP contribution in [0.2, 0.25) is 13.3 Å². The van der Waals surface area contributed by atoms with Crippen molar-refractivity contribution in [2.75, 3.05) is 0 Å². The summed E-state index contributed by atoms with van der Waals surface area (Å²) in [6.45, 7) is 6.88. The maximum absolute atomic E-state index is 11.0. The van der Waals surface area contributed by atoms with Gasteiger partial charge in [-0.3, -0.25) is 0 Å². The molecule has 0 aromatic carbocycles. The molecule has 0 aliphatic carbocycles. The van der Waals surface area contributed by atoms with E-state index in [-0.39, 0.29) is 0 Å². The van der Waals surface area contributed by atoms with Crippen LogP contribution in [0.1, 0.15) is 69.8 Å². The van der Waals surface area contributed by atoms with E-state index in [1.807, 2.05) is 6.07 Å². The van der Waals surface area contributed by atoms with Crippen LogP contribution < -0.4 is 3.71 Å². The molecule has 1 aromatic rings. The molecule has 3 heteroatoms. The Bertz CT molecular complexity index is 364. The van der Waals surface area contributed by atoms with Gasteiger partial charge in [0.05, 0.1) is 0 Å². The van der Waals surface area contributed by atoms with Crippen molar-refractivity contribution in [1.29, 1.82) is 0 Å². The van der Waals surface area contributed by atoms with Gasteiger partial charge in [-0.05, 0) is 0 Å². The molecule has 0 aliphatic heterocycles. The quantitative estimate of drug-likeness (QED) is 0.428. The SMILES string of the molecule is CCC[CH2][Sn]([CH2]CCC)([CH2]CCC)[c]1ccc(C=O)[nH]1. The molecule has 1 rings (SSSR count). The monoisotopic (exact) mass is 385 g/mol. The molecule has 0 spiro atoms. The third-order valence-corrected chi connectivity index (χ3v) is 19.7. The molecule has 1 heterocycles. The average molecular weight is 384 g/mol. The molecule has 20 heavy (non-hydrogen) atoms. The van der Waals surface area contributed by atoms with Gasteiger partial charge >= 0.3 is 129 Å². The summed E-state index contributed by atoms with van der Waals surface area (Å²) in [5.74, 6) is 0. The van der Waals surface area contributed by atoms with E-state index in [2.05, 4.69) is 31.8 Å². The van der Waals surface area contributed by atoms with E-state index in [1.165, 1.54) is 55.5 Å². The van der Waals surface area contributed by atoms with Crippen LogP contribution in [-0.2, 0) is 0 Å². The zero-order valence-corrected chi connectivity index (χ0v) is 16.4. The summed E-state index contributed by atoms with van der Waals surface area (Å²) in [6, 6.07) is 4.22. The van der Waals surface area contributed by atoms with Crippen molar-refractivity contribution in [3.05, 3.63) is 17.8 Å². The minimum atomic E-state index is -2.31. The van der Waals surface area contributed by atoms with Crippen molar-refractivity contribution in [2.24, 2.45) is 0 Å². The van der Waals surface area contributed by atoms with Crippen LogP contribution in [0.3, 0.4) is 0 Å². The number of rotatable bonds is 11. The van der Waals surface area contributed by atoms with Gasteiger partial charge in [-0.2, -0.15) is 0 Å². The number of nitrogens with one attached hydrogen (secondary N) is 1. The average Bonchev–Trinajstić information content (AvgIpc) is 2.96. The minimum absolute atomic E-state index is 0.769. The van der Waals surface area contributed by atoms with E-state index in [9.17, 15) is 4.79 Å². The molecule has 0 aliphatic rings. The van der Waals surface area contributed by atoms with Crippen molar-refractivity contribution in [1.82, 2.24) is 4.98 Å². The second kappa shape index (κ2) is 9.64. The van der Waals surface area contributed by atoms with Crippen molar-refractivity contribution < 1.29 is 4.79 Å². The first-order valence-corrected chi connectivity index (χ1v) is 15.8. The molecular weight excluding hydrogens is 353 g/mol. The second-order valence-corrected chi connectivity index (χ2v) is 19.2. The topological polar surface area (TPSA) is 32.9 Å². The Labute approximate surface area is 128 Å². The Balaban J connectivity index is 3.00. The molecule has 0 fully saturated rings. The molecule has 0 unspecified atom stereocenters. The first kappa shape index (κ1) is 17.8. The Morgan fingerprint density at radius 3 is 1.80 bits per heavy atom. The predicted molar refractivity (Wildman–Crippen MR) is 90.7 cm³/mol. The summed E-state index contributed by atoms with van der Waals surface area (Å²) < 4.78 is 5.84. The van der Waals surface area contributed by atoms with Crippen molar-refractivity contribution in [3.63, 3.8) is 0 Å². The van der Waals surface area contributed by atoms with Crippen molar-refractivity contribution >= 4 is 28.4 Å². The number of unbranched alkanes of at least 4 members (excludes halogenated alkanes) is 3. The summed E-state index contributed by atoms with van der Waals surface area (Å²) >= 11 is -2.31. The molecule has 1 N–H and O–H groups in total. The summed E-state index contributed by atoms with van der Waals surface area (Å²) in [7, 11) is 0. The Hall–Kier alpha value is -0.251. The zero-order chi connectivity index (χ0) is 14.8. The molecule has 0 bridgehead atoms. The molecule has 1 aromatic heterocycles. The van der Waals surface area contributed by atoms with E-state index in [0.29, 0.717) is 0 Å². The molecule has 0 atom stereocenters. The first-order valence-electron chi connectivity index (χ1n) is 8.37. The second-order valence-electron chi connectivity index (χ2n) is 6.04. The number of aldehydes is 1. The number of H-pyrrole nitrogens is 1. The Kier molecular flexibility index (Phi) is 8.58. The van der Waals surface area contributed by atoms with Gasteiger partial charge in [-0.25, -0.2) is 0 Å². The van der Waals surface area contributed by atoms with Crippen molar-refractivity contribution in [2.45, 2.75) is 72.6 Å². The van der Waals surface area contributed by atoms with E-state index < -0.39 is 18.4 Å². The zero-order valence-electron chi connectivity index (χ0n) is 13.5. The van der Waals surface area contributed by atoms with Crippen LogP contribution in [0, 0.1) is 0 Å². The number of aromatic nitrogens is 1. The van der Waals surface area contributed by atoms with Gasteiger partial charge in [-0.1, -0.05) is 0 Å². The predicted octanol–water partition coefficient (Wildman–Crippen LogP) is 4.88. The standard InChI is InChI=1S/C5H4NO.3C4H9.Sn/c7-4-5-2-1-3-6-5;3*1-3-4-2;/h1-2,4,6H;3*1,3-4H2,2H3;. The number of carbonyl (C=O) groups excluding carboxylic acids is 1. The number of hydrogen-bond donors (Lipinski definition) is 1. The third kappa shape index (κ3) is 4.94. The molecule has 0 amide bonds. The fourth-order valence-electron chi connectivity index (χ4n) is 3.11. The van der Waals surface area contributed by atoms with Crippen LogP contribution >= 0.6 is 0 Å². The van der Waals surface area contributed by atoms with Gasteiger partial charge in [0.1, 0.15) is 0 Å². The van der Waals surface area contributed by atoms with Crippen molar-refractivity contribution in [3.8, 4) is 0 Å². The normalized spacial score (nSPS) is 11.8. The summed E-state index contributed by atoms with van der Waals surface area (Å²) in [5, 5.41) is 0. The van der Waals surface area contributed by atoms with E-state index in [1.54, 1.807) is 0 Å². The summed E-state index contributed by atoms with van der Waals surface area (Å²) in [5.41, 5.74) is 0.769. The number of carbonyl (C=O) groups is 1. The van der Waals surface area contributed by atoms with Gasteiger partial charge in [-0.15, -0.1) is 0 Å². The molecule has 0 saturated carbocycles. The first-order chi connectivity index (χ1) is 9.72. The molecular formula is C17H31NOSn. The van der Waals surface area contributed by atoms with Gasteiger partial charge in [0.25, 0.3) is 0 Å². The fraction of sp³-hybridized carbons (Fsp3) is 0.706. The van der Waals surface area contributed by atoms with Crippen LogP contribution in [-0.4, -0.2) is 29.6 Å². The molecule has 2 nitrogen and oxygen atoms in total. The van der Waals surface area contributed by atoms with Gasteiger partial charge < -0.3 is 0 Å². The van der Waals surface area contributed by atoms with Crippen LogP contribution in [0.5, 0.6) is 0 Å². The van der Waals surface area contributed by atoms with Crippen LogP contribution in [0.4, 0.5) is 0 Å². The van der Waals surface area contributed by atoms with E-state index >= 15 is 0 Å². The van der Waals surface area contributed by atoms with Crippen LogP contribution in [0.25, 0.3) is 0 Å². The maximum atomic E-state index is 11.0. The third-order valence-electron chi connectivity index (χ3n) is 4.43. The Morgan fingerprint density at radius 1 is 0.950 bits per heavy atom. The summed E-state index contributed by atoms with van der Waals surface area (Å²) in [4.78, 5) is 14.4. The molecule has 0 saturated heterocycles. The summed E-state index contributed by atoms with van der Waals surface area (Å²) in [6.07, 6.45) is 8.91. The fourth-order valence-corrected chi connectivity index (χ4v) is 18.8. The number of hydrogen-bond acceptors (Lipinski definition) is 1.